The second-order valence-corrected chi connectivity index (χ2v) is 8.07. The molecule has 2 aromatic carbocycles. The first-order valence-corrected chi connectivity index (χ1v) is 10.7. The second kappa shape index (κ2) is 9.94. The number of amides is 1. The number of hydrogen-bond acceptors (Lipinski definition) is 6. The molecule has 1 saturated heterocycles. The molecule has 0 bridgehead atoms. The molecule has 1 N–H and O–H groups in total. The lowest BCUT2D eigenvalue weighted by Crippen LogP contribution is -2.40. The SMILES string of the molecule is COc1cccc(-c2noc(CNC(=O)C3CCN(Cc4ccc(Cl)cc4)CC3)n2)c1. The van der Waals surface area contributed by atoms with Crippen LogP contribution in [0.4, 0.5) is 0 Å². The van der Waals surface area contributed by atoms with E-state index < -0.39 is 0 Å². The van der Waals surface area contributed by atoms with Gasteiger partial charge in [-0.25, -0.2) is 0 Å². The van der Waals surface area contributed by atoms with Gasteiger partial charge in [0.25, 0.3) is 0 Å². The molecule has 1 aliphatic heterocycles. The first-order valence-electron chi connectivity index (χ1n) is 10.3. The Morgan fingerprint density at radius 1 is 1.23 bits per heavy atom. The second-order valence-electron chi connectivity index (χ2n) is 7.64. The predicted octanol–water partition coefficient (Wildman–Crippen LogP) is 3.93. The third-order valence-electron chi connectivity index (χ3n) is 5.49. The Bertz CT molecular complexity index is 1010. The Morgan fingerprint density at radius 2 is 2.00 bits per heavy atom. The minimum Gasteiger partial charge on any atom is -0.497 e. The summed E-state index contributed by atoms with van der Waals surface area (Å²) in [4.78, 5) is 19.3. The number of carbonyl (C=O) groups is 1. The van der Waals surface area contributed by atoms with E-state index in [4.69, 9.17) is 20.9 Å². The topological polar surface area (TPSA) is 80.5 Å². The lowest BCUT2D eigenvalue weighted by Gasteiger charge is -2.31. The van der Waals surface area contributed by atoms with Crippen molar-refractivity contribution in [1.29, 1.82) is 0 Å². The van der Waals surface area contributed by atoms with E-state index in [1.807, 2.05) is 48.5 Å². The maximum Gasteiger partial charge on any atom is 0.246 e. The lowest BCUT2D eigenvalue weighted by molar-refractivity contribution is -0.126. The van der Waals surface area contributed by atoms with E-state index in [0.717, 1.165) is 48.8 Å². The normalized spacial score (nSPS) is 15.0. The van der Waals surface area contributed by atoms with Crippen molar-refractivity contribution in [2.24, 2.45) is 5.92 Å². The van der Waals surface area contributed by atoms with Gasteiger partial charge < -0.3 is 14.6 Å². The molecule has 4 rings (SSSR count). The number of nitrogens with one attached hydrogen (secondary N) is 1. The standard InChI is InChI=1S/C23H25ClN4O3/c1-30-20-4-2-3-18(13-20)22-26-21(31-27-22)14-25-23(29)17-9-11-28(12-10-17)15-16-5-7-19(24)8-6-16/h2-8,13,17H,9-12,14-15H2,1H3,(H,25,29). The Morgan fingerprint density at radius 3 is 2.74 bits per heavy atom. The lowest BCUT2D eigenvalue weighted by atomic mass is 9.95. The van der Waals surface area contributed by atoms with Gasteiger partial charge in [0.05, 0.1) is 13.7 Å². The Balaban J connectivity index is 1.24. The summed E-state index contributed by atoms with van der Waals surface area (Å²) < 4.78 is 10.5. The molecule has 162 valence electrons. The number of rotatable bonds is 7. The summed E-state index contributed by atoms with van der Waals surface area (Å²) in [5.74, 6) is 1.61. The van der Waals surface area contributed by atoms with E-state index in [2.05, 4.69) is 20.4 Å². The highest BCUT2D eigenvalue weighted by atomic mass is 35.5. The quantitative estimate of drug-likeness (QED) is 0.599. The molecular weight excluding hydrogens is 416 g/mol. The van der Waals surface area contributed by atoms with Crippen LogP contribution in [0.1, 0.15) is 24.3 Å². The van der Waals surface area contributed by atoms with Crippen molar-refractivity contribution < 1.29 is 14.1 Å². The van der Waals surface area contributed by atoms with Crippen molar-refractivity contribution in [3.05, 3.63) is 65.0 Å². The first kappa shape index (κ1) is 21.3. The molecule has 1 aliphatic rings. The van der Waals surface area contributed by atoms with Gasteiger partial charge in [0.2, 0.25) is 17.6 Å². The number of halogens is 1. The maximum absolute atomic E-state index is 12.6. The van der Waals surface area contributed by atoms with Gasteiger partial charge in [0.1, 0.15) is 5.75 Å². The number of ether oxygens (including phenoxy) is 1. The zero-order valence-electron chi connectivity index (χ0n) is 17.4. The molecule has 0 radical (unpaired) electrons. The van der Waals surface area contributed by atoms with Crippen LogP contribution in [0, 0.1) is 5.92 Å². The molecule has 3 aromatic rings. The predicted molar refractivity (Wildman–Crippen MR) is 118 cm³/mol. The Hall–Kier alpha value is -2.90. The number of hydrogen-bond donors (Lipinski definition) is 1. The fourth-order valence-corrected chi connectivity index (χ4v) is 3.84. The summed E-state index contributed by atoms with van der Waals surface area (Å²) in [5.41, 5.74) is 2.03. The van der Waals surface area contributed by atoms with Gasteiger partial charge in [-0.2, -0.15) is 4.98 Å². The molecular formula is C23H25ClN4O3. The van der Waals surface area contributed by atoms with Crippen molar-refractivity contribution in [1.82, 2.24) is 20.4 Å². The fourth-order valence-electron chi connectivity index (χ4n) is 3.71. The van der Waals surface area contributed by atoms with Crippen molar-refractivity contribution in [3.8, 4) is 17.1 Å². The number of nitrogens with zero attached hydrogens (tertiary/aromatic N) is 3. The van der Waals surface area contributed by atoms with Crippen molar-refractivity contribution in [3.63, 3.8) is 0 Å². The van der Waals surface area contributed by atoms with Gasteiger partial charge in [0, 0.05) is 23.0 Å². The molecule has 0 atom stereocenters. The number of likely N-dealkylation sites (tertiary alicyclic amines) is 1. The van der Waals surface area contributed by atoms with Crippen molar-refractivity contribution >= 4 is 17.5 Å². The van der Waals surface area contributed by atoms with Crippen LogP contribution in [0.15, 0.2) is 53.1 Å². The molecule has 2 heterocycles. The maximum atomic E-state index is 12.6. The Kier molecular flexibility index (Phi) is 6.84. The zero-order valence-corrected chi connectivity index (χ0v) is 18.1. The van der Waals surface area contributed by atoms with E-state index >= 15 is 0 Å². The smallest absolute Gasteiger partial charge is 0.246 e. The summed E-state index contributed by atoms with van der Waals surface area (Å²) in [6.07, 6.45) is 1.66. The summed E-state index contributed by atoms with van der Waals surface area (Å²) in [6, 6.07) is 15.4. The van der Waals surface area contributed by atoms with Crippen LogP contribution in [-0.4, -0.2) is 41.1 Å². The number of piperidine rings is 1. The summed E-state index contributed by atoms with van der Waals surface area (Å²) in [7, 11) is 1.61. The monoisotopic (exact) mass is 440 g/mol. The van der Waals surface area contributed by atoms with Crippen LogP contribution in [0.3, 0.4) is 0 Å². The molecule has 0 spiro atoms. The summed E-state index contributed by atoms with van der Waals surface area (Å²) in [5, 5.41) is 7.68. The molecule has 0 unspecified atom stereocenters. The highest BCUT2D eigenvalue weighted by molar-refractivity contribution is 6.30. The van der Waals surface area contributed by atoms with E-state index in [-0.39, 0.29) is 18.4 Å². The summed E-state index contributed by atoms with van der Waals surface area (Å²) >= 11 is 5.95. The number of benzene rings is 2. The van der Waals surface area contributed by atoms with E-state index in [1.54, 1.807) is 7.11 Å². The van der Waals surface area contributed by atoms with Crippen LogP contribution in [0.25, 0.3) is 11.4 Å². The molecule has 1 amide bonds. The van der Waals surface area contributed by atoms with Gasteiger partial charge in [-0.3, -0.25) is 9.69 Å². The highest BCUT2D eigenvalue weighted by Crippen LogP contribution is 2.22. The molecule has 7 nitrogen and oxygen atoms in total. The number of methoxy groups -OCH3 is 1. The van der Waals surface area contributed by atoms with Crippen LogP contribution in [0.2, 0.25) is 5.02 Å². The van der Waals surface area contributed by atoms with Crippen LogP contribution in [0.5, 0.6) is 5.75 Å². The third-order valence-corrected chi connectivity index (χ3v) is 5.74. The first-order chi connectivity index (χ1) is 15.1. The van der Waals surface area contributed by atoms with Crippen LogP contribution >= 0.6 is 11.6 Å². The van der Waals surface area contributed by atoms with Crippen LogP contribution in [-0.2, 0) is 17.9 Å². The molecule has 8 heteroatoms. The Labute approximate surface area is 186 Å². The van der Waals surface area contributed by atoms with Crippen molar-refractivity contribution in [2.45, 2.75) is 25.9 Å². The average molecular weight is 441 g/mol. The summed E-state index contributed by atoms with van der Waals surface area (Å²) in [6.45, 7) is 2.88. The molecule has 0 aliphatic carbocycles. The van der Waals surface area contributed by atoms with E-state index in [0.29, 0.717) is 11.7 Å². The minimum atomic E-state index is 0.00208. The molecule has 31 heavy (non-hydrogen) atoms. The fraction of sp³-hybridized carbons (Fsp3) is 0.348. The van der Waals surface area contributed by atoms with Crippen LogP contribution < -0.4 is 10.1 Å². The third kappa shape index (κ3) is 5.62. The van der Waals surface area contributed by atoms with Gasteiger partial charge in [0.15, 0.2) is 0 Å². The van der Waals surface area contributed by atoms with Gasteiger partial charge in [-0.15, -0.1) is 0 Å². The molecule has 1 aromatic heterocycles. The average Bonchev–Trinajstić information content (AvgIpc) is 3.29. The largest absolute Gasteiger partial charge is 0.497 e. The molecule has 1 fully saturated rings. The van der Waals surface area contributed by atoms with Gasteiger partial charge in [-0.05, 0) is 55.8 Å². The number of aromatic nitrogens is 2. The number of carbonyl (C=O) groups excluding carboxylic acids is 1. The van der Waals surface area contributed by atoms with Gasteiger partial charge in [-0.1, -0.05) is 41.0 Å². The van der Waals surface area contributed by atoms with E-state index in [9.17, 15) is 4.79 Å². The minimum absolute atomic E-state index is 0.00208. The van der Waals surface area contributed by atoms with E-state index in [1.165, 1.54) is 5.56 Å². The highest BCUT2D eigenvalue weighted by Gasteiger charge is 2.25. The van der Waals surface area contributed by atoms with Crippen molar-refractivity contribution in [2.75, 3.05) is 20.2 Å². The van der Waals surface area contributed by atoms with Gasteiger partial charge >= 0.3 is 0 Å². The molecule has 0 saturated carbocycles. The zero-order chi connectivity index (χ0) is 21.6.